The van der Waals surface area contributed by atoms with Gasteiger partial charge in [-0.3, -0.25) is 4.90 Å². The molecule has 0 amide bonds. The highest BCUT2D eigenvalue weighted by molar-refractivity contribution is 7.17. The molecule has 1 aromatic rings. The lowest BCUT2D eigenvalue weighted by atomic mass is 9.95. The van der Waals surface area contributed by atoms with Crippen molar-refractivity contribution in [1.29, 1.82) is 0 Å². The van der Waals surface area contributed by atoms with Gasteiger partial charge in [-0.05, 0) is 38.1 Å². The highest BCUT2D eigenvalue weighted by Crippen LogP contribution is 2.28. The Bertz CT molecular complexity index is 498. The number of hydrogen-bond donors (Lipinski definition) is 1. The van der Waals surface area contributed by atoms with E-state index in [1.54, 1.807) is 0 Å². The van der Waals surface area contributed by atoms with E-state index in [1.165, 1.54) is 43.5 Å². The van der Waals surface area contributed by atoms with Gasteiger partial charge in [-0.2, -0.15) is 0 Å². The van der Waals surface area contributed by atoms with Crippen LogP contribution in [0.15, 0.2) is 6.20 Å². The fourth-order valence-electron chi connectivity index (χ4n) is 3.49. The van der Waals surface area contributed by atoms with Gasteiger partial charge in [0.25, 0.3) is 0 Å². The number of likely N-dealkylation sites (tertiary alicyclic amines) is 1. The molecule has 0 radical (unpaired) electrons. The summed E-state index contributed by atoms with van der Waals surface area (Å²) in [5, 5.41) is 9.84. The number of rotatable bonds is 3. The van der Waals surface area contributed by atoms with Gasteiger partial charge in [0, 0.05) is 25.7 Å². The SMILES string of the molecule is CC.CC1CCCN(C2CCN(c3ncc(C(=O)O)s3)CC2)C1. The monoisotopic (exact) mass is 339 g/mol. The number of hydrogen-bond acceptors (Lipinski definition) is 5. The van der Waals surface area contributed by atoms with Crippen molar-refractivity contribution in [2.75, 3.05) is 31.1 Å². The quantitative estimate of drug-likeness (QED) is 0.912. The number of carboxylic acid groups (broad SMARTS) is 1. The maximum Gasteiger partial charge on any atom is 0.347 e. The second kappa shape index (κ2) is 8.64. The van der Waals surface area contributed by atoms with Crippen molar-refractivity contribution in [2.45, 2.75) is 52.5 Å². The molecule has 1 unspecified atom stereocenters. The molecule has 0 aromatic carbocycles. The number of anilines is 1. The summed E-state index contributed by atoms with van der Waals surface area (Å²) in [6.45, 7) is 10.8. The average molecular weight is 340 g/mol. The second-order valence-corrected chi connectivity index (χ2v) is 7.28. The van der Waals surface area contributed by atoms with Crippen LogP contribution in [0.1, 0.15) is 56.1 Å². The van der Waals surface area contributed by atoms with Crippen LogP contribution in [-0.2, 0) is 0 Å². The summed E-state index contributed by atoms with van der Waals surface area (Å²) in [5.74, 6) is -0.0511. The molecule has 1 aromatic heterocycles. The maximum atomic E-state index is 10.9. The van der Waals surface area contributed by atoms with E-state index < -0.39 is 5.97 Å². The minimum Gasteiger partial charge on any atom is -0.477 e. The molecule has 5 nitrogen and oxygen atoms in total. The van der Waals surface area contributed by atoms with Crippen LogP contribution >= 0.6 is 11.3 Å². The van der Waals surface area contributed by atoms with E-state index in [2.05, 4.69) is 21.7 Å². The first-order valence-electron chi connectivity index (χ1n) is 8.81. The van der Waals surface area contributed by atoms with Crippen LogP contribution in [0.4, 0.5) is 5.13 Å². The number of carbonyl (C=O) groups is 1. The van der Waals surface area contributed by atoms with Crippen LogP contribution in [0, 0.1) is 5.92 Å². The number of aromatic carboxylic acids is 1. The summed E-state index contributed by atoms with van der Waals surface area (Å²) in [6, 6.07) is 0.697. The van der Waals surface area contributed by atoms with Crippen molar-refractivity contribution in [3.05, 3.63) is 11.1 Å². The molecule has 3 rings (SSSR count). The highest BCUT2D eigenvalue weighted by atomic mass is 32.1. The molecule has 0 aliphatic carbocycles. The van der Waals surface area contributed by atoms with Crippen molar-refractivity contribution in [1.82, 2.24) is 9.88 Å². The van der Waals surface area contributed by atoms with E-state index >= 15 is 0 Å². The van der Waals surface area contributed by atoms with E-state index in [1.807, 2.05) is 13.8 Å². The third-order valence-electron chi connectivity index (χ3n) is 4.64. The van der Waals surface area contributed by atoms with Crippen molar-refractivity contribution in [3.8, 4) is 0 Å². The maximum absolute atomic E-state index is 10.9. The summed E-state index contributed by atoms with van der Waals surface area (Å²) in [5.41, 5.74) is 0. The van der Waals surface area contributed by atoms with Gasteiger partial charge in [-0.1, -0.05) is 32.1 Å². The molecule has 0 bridgehead atoms. The van der Waals surface area contributed by atoms with Crippen molar-refractivity contribution < 1.29 is 9.90 Å². The second-order valence-electron chi connectivity index (χ2n) is 6.27. The Kier molecular flexibility index (Phi) is 6.84. The molecular formula is C17H29N3O2S. The summed E-state index contributed by atoms with van der Waals surface area (Å²) >= 11 is 1.29. The zero-order valence-corrected chi connectivity index (χ0v) is 15.3. The van der Waals surface area contributed by atoms with E-state index in [9.17, 15) is 4.79 Å². The van der Waals surface area contributed by atoms with Crippen LogP contribution < -0.4 is 4.90 Å². The topological polar surface area (TPSA) is 56.7 Å². The number of aromatic nitrogens is 1. The van der Waals surface area contributed by atoms with Crippen LogP contribution in [0.25, 0.3) is 0 Å². The largest absolute Gasteiger partial charge is 0.477 e. The van der Waals surface area contributed by atoms with Gasteiger partial charge in [0.1, 0.15) is 4.88 Å². The standard InChI is InChI=1S/C15H23N3O2S.C2H6/c1-11-3-2-6-18(10-11)12-4-7-17(8-5-12)15-16-9-13(21-15)14(19)20;1-2/h9,11-12H,2-8,10H2,1H3,(H,19,20);1-2H3. The molecule has 130 valence electrons. The summed E-state index contributed by atoms with van der Waals surface area (Å²) in [6.07, 6.45) is 6.49. The molecule has 1 atom stereocenters. The Labute approximate surface area is 143 Å². The van der Waals surface area contributed by atoms with Gasteiger partial charge in [0.05, 0.1) is 6.20 Å². The van der Waals surface area contributed by atoms with Gasteiger partial charge in [-0.25, -0.2) is 9.78 Å². The lowest BCUT2D eigenvalue weighted by Crippen LogP contribution is -2.48. The smallest absolute Gasteiger partial charge is 0.347 e. The fourth-order valence-corrected chi connectivity index (χ4v) is 4.30. The normalized spacial score (nSPS) is 23.3. The number of thiazole rings is 1. The van der Waals surface area contributed by atoms with Crippen molar-refractivity contribution in [2.24, 2.45) is 5.92 Å². The van der Waals surface area contributed by atoms with Crippen LogP contribution in [-0.4, -0.2) is 53.2 Å². The van der Waals surface area contributed by atoms with Gasteiger partial charge in [0.2, 0.25) is 0 Å². The molecule has 0 saturated carbocycles. The molecule has 2 aliphatic heterocycles. The Morgan fingerprint density at radius 1 is 1.26 bits per heavy atom. The molecule has 1 N–H and O–H groups in total. The third kappa shape index (κ3) is 4.67. The van der Waals surface area contributed by atoms with Crippen LogP contribution in [0.2, 0.25) is 0 Å². The number of nitrogens with zero attached hydrogens (tertiary/aromatic N) is 3. The first kappa shape index (κ1) is 18.2. The molecule has 3 heterocycles. The van der Waals surface area contributed by atoms with Crippen molar-refractivity contribution in [3.63, 3.8) is 0 Å². The predicted octanol–water partition coefficient (Wildman–Crippen LogP) is 3.57. The lowest BCUT2D eigenvalue weighted by molar-refractivity contribution is 0.0702. The first-order valence-corrected chi connectivity index (χ1v) is 9.63. The minimum atomic E-state index is -0.879. The molecule has 2 fully saturated rings. The van der Waals surface area contributed by atoms with E-state index in [0.717, 1.165) is 37.0 Å². The predicted molar refractivity (Wildman–Crippen MR) is 95.6 cm³/mol. The third-order valence-corrected chi connectivity index (χ3v) is 5.69. The van der Waals surface area contributed by atoms with E-state index in [4.69, 9.17) is 5.11 Å². The number of piperidine rings is 2. The summed E-state index contributed by atoms with van der Waals surface area (Å²) in [7, 11) is 0. The van der Waals surface area contributed by atoms with Gasteiger partial charge >= 0.3 is 5.97 Å². The molecule has 0 spiro atoms. The zero-order chi connectivity index (χ0) is 16.8. The van der Waals surface area contributed by atoms with Gasteiger partial charge in [-0.15, -0.1) is 0 Å². The Balaban J connectivity index is 0.000000924. The molecule has 2 saturated heterocycles. The Morgan fingerprint density at radius 2 is 1.96 bits per heavy atom. The molecular weight excluding hydrogens is 310 g/mol. The van der Waals surface area contributed by atoms with Crippen LogP contribution in [0.3, 0.4) is 0 Å². The fraction of sp³-hybridized carbons (Fsp3) is 0.765. The summed E-state index contributed by atoms with van der Waals surface area (Å²) in [4.78, 5) is 20.4. The molecule has 23 heavy (non-hydrogen) atoms. The molecule has 6 heteroatoms. The Hall–Kier alpha value is -1.14. The van der Waals surface area contributed by atoms with Gasteiger partial charge in [0.15, 0.2) is 5.13 Å². The van der Waals surface area contributed by atoms with E-state index in [-0.39, 0.29) is 0 Å². The van der Waals surface area contributed by atoms with Crippen LogP contribution in [0.5, 0.6) is 0 Å². The lowest BCUT2D eigenvalue weighted by Gasteiger charge is -2.41. The summed E-state index contributed by atoms with van der Waals surface area (Å²) < 4.78 is 0. The van der Waals surface area contributed by atoms with Gasteiger partial charge < -0.3 is 10.0 Å². The first-order chi connectivity index (χ1) is 11.1. The molecule has 2 aliphatic rings. The highest BCUT2D eigenvalue weighted by Gasteiger charge is 2.28. The van der Waals surface area contributed by atoms with Crippen molar-refractivity contribution >= 4 is 22.4 Å². The minimum absolute atomic E-state index is 0.331. The van der Waals surface area contributed by atoms with E-state index in [0.29, 0.717) is 10.9 Å². The average Bonchev–Trinajstić information content (AvgIpc) is 3.07. The number of carboxylic acids is 1. The Morgan fingerprint density at radius 3 is 2.52 bits per heavy atom. The zero-order valence-electron chi connectivity index (χ0n) is 14.5.